The molecule has 1 aromatic carbocycles. The lowest BCUT2D eigenvalue weighted by atomic mass is 9.89. The van der Waals surface area contributed by atoms with Gasteiger partial charge in [0, 0.05) is 25.1 Å². The van der Waals surface area contributed by atoms with Gasteiger partial charge in [-0.2, -0.15) is 5.10 Å². The van der Waals surface area contributed by atoms with Crippen LogP contribution in [0.3, 0.4) is 0 Å². The summed E-state index contributed by atoms with van der Waals surface area (Å²) in [5.74, 6) is 0.316. The minimum atomic E-state index is -0.203. The highest BCUT2D eigenvalue weighted by Crippen LogP contribution is 2.20. The first kappa shape index (κ1) is 17.2. The molecule has 0 aromatic heterocycles. The molecule has 1 aliphatic carbocycles. The third kappa shape index (κ3) is 6.63. The van der Waals surface area contributed by atoms with E-state index in [4.69, 9.17) is 0 Å². The van der Waals surface area contributed by atoms with E-state index >= 15 is 0 Å². The van der Waals surface area contributed by atoms with Gasteiger partial charge < -0.3 is 5.32 Å². The molecule has 0 saturated heterocycles. The molecule has 1 aliphatic rings. The number of carbonyl (C=O) groups is 2. The lowest BCUT2D eigenvalue weighted by Gasteiger charge is -2.18. The second-order valence-corrected chi connectivity index (χ2v) is 6.18. The van der Waals surface area contributed by atoms with Gasteiger partial charge in [0.2, 0.25) is 11.8 Å². The number of amides is 2. The van der Waals surface area contributed by atoms with E-state index in [-0.39, 0.29) is 24.7 Å². The Bertz CT molecular complexity index is 555. The van der Waals surface area contributed by atoms with E-state index in [0.717, 1.165) is 30.5 Å². The van der Waals surface area contributed by atoms with Gasteiger partial charge in [0.25, 0.3) is 0 Å². The Kier molecular flexibility index (Phi) is 6.78. The molecule has 1 aromatic rings. The van der Waals surface area contributed by atoms with Crippen molar-refractivity contribution in [3.05, 3.63) is 35.9 Å². The van der Waals surface area contributed by atoms with Crippen molar-refractivity contribution in [2.45, 2.75) is 52.0 Å². The summed E-state index contributed by atoms with van der Waals surface area (Å²) in [6, 6.07) is 9.70. The molecule has 1 fully saturated rings. The molecular formula is C18H25N3O2. The average molecular weight is 315 g/mol. The zero-order valence-electron chi connectivity index (χ0n) is 13.7. The van der Waals surface area contributed by atoms with Crippen molar-refractivity contribution in [2.24, 2.45) is 11.0 Å². The third-order valence-electron chi connectivity index (χ3n) is 4.00. The fraction of sp³-hybridized carbons (Fsp3) is 0.500. The van der Waals surface area contributed by atoms with E-state index in [2.05, 4.69) is 22.8 Å². The highest BCUT2D eigenvalue weighted by Gasteiger charge is 2.14. The van der Waals surface area contributed by atoms with Crippen LogP contribution in [0.2, 0.25) is 0 Å². The van der Waals surface area contributed by atoms with Gasteiger partial charge in [-0.25, -0.2) is 5.43 Å². The number of hydrazone groups is 1. The lowest BCUT2D eigenvalue weighted by molar-refractivity contribution is -0.126. The maximum Gasteiger partial charge on any atom is 0.240 e. The monoisotopic (exact) mass is 315 g/mol. The lowest BCUT2D eigenvalue weighted by Crippen LogP contribution is -2.26. The molecule has 5 heteroatoms. The van der Waals surface area contributed by atoms with Crippen molar-refractivity contribution in [1.29, 1.82) is 0 Å². The van der Waals surface area contributed by atoms with Crippen LogP contribution in [0.1, 0.15) is 51.0 Å². The average Bonchev–Trinajstić information content (AvgIpc) is 2.57. The number of carbonyl (C=O) groups excluding carboxylic acids is 2. The second-order valence-electron chi connectivity index (χ2n) is 6.18. The van der Waals surface area contributed by atoms with Gasteiger partial charge in [-0.05, 0) is 37.2 Å². The highest BCUT2D eigenvalue weighted by molar-refractivity contribution is 5.88. The number of nitrogens with zero attached hydrogens (tertiary/aromatic N) is 1. The number of hydrogen-bond donors (Lipinski definition) is 2. The predicted molar refractivity (Wildman–Crippen MR) is 90.7 cm³/mol. The van der Waals surface area contributed by atoms with Crippen LogP contribution in [-0.4, -0.2) is 17.5 Å². The molecule has 0 heterocycles. The fourth-order valence-electron chi connectivity index (χ4n) is 2.67. The molecule has 23 heavy (non-hydrogen) atoms. The molecule has 2 rings (SSSR count). The van der Waals surface area contributed by atoms with E-state index in [9.17, 15) is 9.59 Å². The van der Waals surface area contributed by atoms with E-state index in [1.165, 1.54) is 6.42 Å². The number of benzene rings is 1. The SMILES string of the molecule is C[C@@H]1CCC/C(=N/NC(=O)CCC(=O)NCc2ccccc2)C1. The smallest absolute Gasteiger partial charge is 0.240 e. The van der Waals surface area contributed by atoms with Gasteiger partial charge in [0.05, 0.1) is 0 Å². The summed E-state index contributed by atoms with van der Waals surface area (Å²) in [6.45, 7) is 2.69. The number of rotatable bonds is 6. The zero-order valence-corrected chi connectivity index (χ0v) is 13.7. The molecular weight excluding hydrogens is 290 g/mol. The van der Waals surface area contributed by atoms with Crippen molar-refractivity contribution in [3.63, 3.8) is 0 Å². The van der Waals surface area contributed by atoms with Crippen LogP contribution in [0, 0.1) is 5.92 Å². The van der Waals surface area contributed by atoms with Crippen LogP contribution in [0.25, 0.3) is 0 Å². The maximum atomic E-state index is 11.7. The number of hydrogen-bond acceptors (Lipinski definition) is 3. The Hall–Kier alpha value is -2.17. The van der Waals surface area contributed by atoms with Gasteiger partial charge >= 0.3 is 0 Å². The van der Waals surface area contributed by atoms with E-state index < -0.39 is 0 Å². The van der Waals surface area contributed by atoms with Crippen molar-refractivity contribution >= 4 is 17.5 Å². The summed E-state index contributed by atoms with van der Waals surface area (Å²) >= 11 is 0. The molecule has 1 atom stereocenters. The summed E-state index contributed by atoms with van der Waals surface area (Å²) in [4.78, 5) is 23.5. The molecule has 5 nitrogen and oxygen atoms in total. The molecule has 124 valence electrons. The fourth-order valence-corrected chi connectivity index (χ4v) is 2.67. The Morgan fingerprint density at radius 2 is 1.91 bits per heavy atom. The summed E-state index contributed by atoms with van der Waals surface area (Å²) in [5.41, 5.74) is 4.68. The van der Waals surface area contributed by atoms with E-state index in [1.807, 2.05) is 30.3 Å². The van der Waals surface area contributed by atoms with Crippen molar-refractivity contribution < 1.29 is 9.59 Å². The van der Waals surface area contributed by atoms with Crippen molar-refractivity contribution in [3.8, 4) is 0 Å². The van der Waals surface area contributed by atoms with Gasteiger partial charge in [-0.3, -0.25) is 9.59 Å². The molecule has 0 spiro atoms. The van der Waals surface area contributed by atoms with Crippen molar-refractivity contribution in [2.75, 3.05) is 0 Å². The predicted octanol–water partition coefficient (Wildman–Crippen LogP) is 2.77. The van der Waals surface area contributed by atoms with Crippen LogP contribution in [0.5, 0.6) is 0 Å². The first-order valence-electron chi connectivity index (χ1n) is 8.28. The molecule has 0 radical (unpaired) electrons. The van der Waals surface area contributed by atoms with Crippen LogP contribution in [-0.2, 0) is 16.1 Å². The second kappa shape index (κ2) is 9.08. The minimum absolute atomic E-state index is 0.122. The van der Waals surface area contributed by atoms with Gasteiger partial charge in [-0.15, -0.1) is 0 Å². The minimum Gasteiger partial charge on any atom is -0.352 e. The quantitative estimate of drug-likeness (QED) is 0.792. The molecule has 0 aliphatic heterocycles. The molecule has 0 bridgehead atoms. The van der Waals surface area contributed by atoms with Gasteiger partial charge in [-0.1, -0.05) is 37.3 Å². The van der Waals surface area contributed by atoms with Crippen LogP contribution in [0.15, 0.2) is 35.4 Å². The Morgan fingerprint density at radius 3 is 2.65 bits per heavy atom. The Balaban J connectivity index is 1.63. The van der Waals surface area contributed by atoms with Gasteiger partial charge in [0.15, 0.2) is 0 Å². The normalized spacial score (nSPS) is 19.3. The summed E-state index contributed by atoms with van der Waals surface area (Å²) < 4.78 is 0. The molecule has 0 unspecified atom stereocenters. The molecule has 1 saturated carbocycles. The topological polar surface area (TPSA) is 70.6 Å². The van der Waals surface area contributed by atoms with Crippen LogP contribution < -0.4 is 10.7 Å². The molecule has 2 amide bonds. The van der Waals surface area contributed by atoms with E-state index in [1.54, 1.807) is 0 Å². The summed E-state index contributed by atoms with van der Waals surface area (Å²) in [6.07, 6.45) is 4.62. The van der Waals surface area contributed by atoms with E-state index in [0.29, 0.717) is 12.5 Å². The molecule has 2 N–H and O–H groups in total. The summed E-state index contributed by atoms with van der Waals surface area (Å²) in [7, 11) is 0. The van der Waals surface area contributed by atoms with Crippen LogP contribution >= 0.6 is 0 Å². The van der Waals surface area contributed by atoms with Crippen molar-refractivity contribution in [1.82, 2.24) is 10.7 Å². The summed E-state index contributed by atoms with van der Waals surface area (Å²) in [5, 5.41) is 7.00. The van der Waals surface area contributed by atoms with Crippen LogP contribution in [0.4, 0.5) is 0 Å². The van der Waals surface area contributed by atoms with Gasteiger partial charge in [0.1, 0.15) is 0 Å². The Labute approximate surface area is 137 Å². The number of nitrogens with one attached hydrogen (secondary N) is 2. The first-order valence-corrected chi connectivity index (χ1v) is 8.28. The largest absolute Gasteiger partial charge is 0.352 e. The Morgan fingerprint density at radius 1 is 1.17 bits per heavy atom. The standard InChI is InChI=1S/C18H25N3O2/c1-14-6-5-9-16(12-14)20-21-18(23)11-10-17(22)19-13-15-7-3-2-4-8-15/h2-4,7-8,14H,5-6,9-13H2,1H3,(H,19,22)(H,21,23)/b20-16-/t14-/m1/s1. The first-order chi connectivity index (χ1) is 11.1. The maximum absolute atomic E-state index is 11.7. The highest BCUT2D eigenvalue weighted by atomic mass is 16.2. The zero-order chi connectivity index (χ0) is 16.5. The third-order valence-corrected chi connectivity index (χ3v) is 4.00.